The lowest BCUT2D eigenvalue weighted by atomic mass is 10.1. The lowest BCUT2D eigenvalue weighted by Crippen LogP contribution is -2.30. The summed E-state index contributed by atoms with van der Waals surface area (Å²) in [6.45, 7) is 2.71. The summed E-state index contributed by atoms with van der Waals surface area (Å²) in [6.07, 6.45) is 4.57. The van der Waals surface area contributed by atoms with Crippen molar-refractivity contribution in [2.24, 2.45) is 0 Å². The maximum absolute atomic E-state index is 13.1. The molecule has 148 valence electrons. The molecule has 1 aliphatic rings. The van der Waals surface area contributed by atoms with Gasteiger partial charge in [-0.15, -0.1) is 0 Å². The summed E-state index contributed by atoms with van der Waals surface area (Å²) in [4.78, 5) is 32.5. The van der Waals surface area contributed by atoms with Crippen LogP contribution in [-0.4, -0.2) is 45.1 Å². The quantitative estimate of drug-likeness (QED) is 0.672. The van der Waals surface area contributed by atoms with Gasteiger partial charge < -0.3 is 9.80 Å². The molecule has 1 fully saturated rings. The number of hydrogen-bond acceptors (Lipinski definition) is 4. The molecule has 0 spiro atoms. The van der Waals surface area contributed by atoms with Crippen molar-refractivity contribution in [3.8, 4) is 5.69 Å². The number of benzene rings is 2. The minimum Gasteiger partial charge on any atom is -0.335 e. The standard InChI is InChI=1S/C22H23N5O2/c1-16(17-8-10-19(11-9-17)27-15-23-14-24-27)25(2)22(29)18-5-3-6-20(13-18)26-12-4-7-21(26)28/h3,5-6,8-11,13-16H,4,7,12H2,1-2H3. The Labute approximate surface area is 169 Å². The maximum atomic E-state index is 13.1. The van der Waals surface area contributed by atoms with E-state index in [1.807, 2.05) is 49.4 Å². The van der Waals surface area contributed by atoms with E-state index in [9.17, 15) is 9.59 Å². The molecule has 3 aromatic rings. The van der Waals surface area contributed by atoms with E-state index in [1.54, 1.807) is 33.9 Å². The topological polar surface area (TPSA) is 71.3 Å². The third kappa shape index (κ3) is 3.76. The highest BCUT2D eigenvalue weighted by molar-refractivity contribution is 5.99. The summed E-state index contributed by atoms with van der Waals surface area (Å²) in [7, 11) is 1.80. The molecule has 0 saturated carbocycles. The largest absolute Gasteiger partial charge is 0.335 e. The summed E-state index contributed by atoms with van der Waals surface area (Å²) in [6, 6.07) is 15.1. The van der Waals surface area contributed by atoms with E-state index in [0.29, 0.717) is 18.5 Å². The van der Waals surface area contributed by atoms with Gasteiger partial charge in [0.25, 0.3) is 5.91 Å². The second-order valence-corrected chi connectivity index (χ2v) is 7.22. The molecule has 7 heteroatoms. The first-order chi connectivity index (χ1) is 14.0. The van der Waals surface area contributed by atoms with Gasteiger partial charge in [0.2, 0.25) is 5.91 Å². The van der Waals surface area contributed by atoms with Gasteiger partial charge in [0.1, 0.15) is 12.7 Å². The zero-order valence-electron chi connectivity index (χ0n) is 16.5. The van der Waals surface area contributed by atoms with Crippen molar-refractivity contribution in [2.75, 3.05) is 18.5 Å². The predicted molar refractivity (Wildman–Crippen MR) is 110 cm³/mol. The molecule has 2 amide bonds. The van der Waals surface area contributed by atoms with Crippen molar-refractivity contribution in [1.82, 2.24) is 19.7 Å². The van der Waals surface area contributed by atoms with Crippen LogP contribution < -0.4 is 4.90 Å². The number of hydrogen-bond donors (Lipinski definition) is 0. The Bertz CT molecular complexity index is 1010. The Morgan fingerprint density at radius 3 is 2.59 bits per heavy atom. The number of nitrogens with zero attached hydrogens (tertiary/aromatic N) is 5. The van der Waals surface area contributed by atoms with Crippen LogP contribution in [0.3, 0.4) is 0 Å². The van der Waals surface area contributed by atoms with E-state index in [4.69, 9.17) is 0 Å². The Kier molecular flexibility index (Phi) is 5.12. The van der Waals surface area contributed by atoms with Crippen molar-refractivity contribution in [3.63, 3.8) is 0 Å². The van der Waals surface area contributed by atoms with Crippen molar-refractivity contribution in [2.45, 2.75) is 25.8 Å². The van der Waals surface area contributed by atoms with Crippen LogP contribution in [0.25, 0.3) is 5.69 Å². The molecular weight excluding hydrogens is 366 g/mol. The molecule has 1 unspecified atom stereocenters. The molecule has 29 heavy (non-hydrogen) atoms. The van der Waals surface area contributed by atoms with Crippen LogP contribution in [0.1, 0.15) is 41.7 Å². The third-order valence-corrected chi connectivity index (χ3v) is 5.44. The van der Waals surface area contributed by atoms with Gasteiger partial charge in [0.05, 0.1) is 11.7 Å². The van der Waals surface area contributed by atoms with Gasteiger partial charge in [0.15, 0.2) is 0 Å². The Morgan fingerprint density at radius 1 is 1.14 bits per heavy atom. The highest BCUT2D eigenvalue weighted by Gasteiger charge is 2.24. The van der Waals surface area contributed by atoms with Crippen LogP contribution in [0.15, 0.2) is 61.2 Å². The normalized spacial score (nSPS) is 14.8. The summed E-state index contributed by atoms with van der Waals surface area (Å²) in [5.41, 5.74) is 3.30. The van der Waals surface area contributed by atoms with Crippen LogP contribution >= 0.6 is 0 Å². The highest BCUT2D eigenvalue weighted by Crippen LogP contribution is 2.25. The smallest absolute Gasteiger partial charge is 0.254 e. The van der Waals surface area contributed by atoms with Gasteiger partial charge >= 0.3 is 0 Å². The summed E-state index contributed by atoms with van der Waals surface area (Å²) in [5.74, 6) is 0.0372. The molecule has 1 atom stereocenters. The lowest BCUT2D eigenvalue weighted by Gasteiger charge is -2.26. The molecule has 2 heterocycles. The van der Waals surface area contributed by atoms with Gasteiger partial charge in [-0.1, -0.05) is 18.2 Å². The van der Waals surface area contributed by atoms with E-state index in [1.165, 1.54) is 6.33 Å². The Hall–Kier alpha value is -3.48. The fourth-order valence-electron chi connectivity index (χ4n) is 3.58. The summed E-state index contributed by atoms with van der Waals surface area (Å²) in [5, 5.41) is 4.12. The molecule has 0 radical (unpaired) electrons. The van der Waals surface area contributed by atoms with Gasteiger partial charge in [-0.3, -0.25) is 9.59 Å². The first kappa shape index (κ1) is 18.9. The molecule has 1 aromatic heterocycles. The van der Waals surface area contributed by atoms with Gasteiger partial charge in [-0.2, -0.15) is 5.10 Å². The molecule has 0 bridgehead atoms. The minimum absolute atomic E-state index is 0.0775. The summed E-state index contributed by atoms with van der Waals surface area (Å²) < 4.78 is 1.69. The second-order valence-electron chi connectivity index (χ2n) is 7.22. The average Bonchev–Trinajstić information content (AvgIpc) is 3.44. The predicted octanol–water partition coefficient (Wildman–Crippen LogP) is 3.23. The van der Waals surface area contributed by atoms with E-state index in [0.717, 1.165) is 23.4 Å². The Morgan fingerprint density at radius 2 is 1.93 bits per heavy atom. The minimum atomic E-state index is -0.107. The monoisotopic (exact) mass is 389 g/mol. The van der Waals surface area contributed by atoms with E-state index < -0.39 is 0 Å². The first-order valence-electron chi connectivity index (χ1n) is 9.67. The van der Waals surface area contributed by atoms with Crippen molar-refractivity contribution >= 4 is 17.5 Å². The molecule has 4 rings (SSSR count). The molecule has 7 nitrogen and oxygen atoms in total. The van der Waals surface area contributed by atoms with Gasteiger partial charge in [-0.25, -0.2) is 9.67 Å². The molecule has 1 aliphatic heterocycles. The number of carbonyl (C=O) groups is 2. The average molecular weight is 389 g/mol. The van der Waals surface area contributed by atoms with Crippen molar-refractivity contribution in [1.29, 1.82) is 0 Å². The highest BCUT2D eigenvalue weighted by atomic mass is 16.2. The molecular formula is C22H23N5O2. The third-order valence-electron chi connectivity index (χ3n) is 5.44. The fraction of sp³-hybridized carbons (Fsp3) is 0.273. The fourth-order valence-corrected chi connectivity index (χ4v) is 3.58. The zero-order valence-corrected chi connectivity index (χ0v) is 16.5. The van der Waals surface area contributed by atoms with Crippen LogP contribution in [-0.2, 0) is 4.79 Å². The van der Waals surface area contributed by atoms with E-state index in [2.05, 4.69) is 10.1 Å². The number of amides is 2. The Balaban J connectivity index is 1.51. The maximum Gasteiger partial charge on any atom is 0.254 e. The zero-order chi connectivity index (χ0) is 20.4. The lowest BCUT2D eigenvalue weighted by molar-refractivity contribution is -0.117. The van der Waals surface area contributed by atoms with Crippen LogP contribution in [0, 0.1) is 0 Å². The molecule has 0 N–H and O–H groups in total. The first-order valence-corrected chi connectivity index (χ1v) is 9.67. The van der Waals surface area contributed by atoms with E-state index in [-0.39, 0.29) is 17.9 Å². The molecule has 2 aromatic carbocycles. The molecule has 1 saturated heterocycles. The van der Waals surface area contributed by atoms with Crippen molar-refractivity contribution in [3.05, 3.63) is 72.3 Å². The van der Waals surface area contributed by atoms with Crippen LogP contribution in [0.4, 0.5) is 5.69 Å². The van der Waals surface area contributed by atoms with Gasteiger partial charge in [0, 0.05) is 31.3 Å². The van der Waals surface area contributed by atoms with Gasteiger partial charge in [-0.05, 0) is 49.2 Å². The second kappa shape index (κ2) is 7.87. The number of carbonyl (C=O) groups excluding carboxylic acids is 2. The number of anilines is 1. The SMILES string of the molecule is CC(c1ccc(-n2cncn2)cc1)N(C)C(=O)c1cccc(N2CCCC2=O)c1. The molecule has 0 aliphatic carbocycles. The van der Waals surface area contributed by atoms with Crippen molar-refractivity contribution < 1.29 is 9.59 Å². The van der Waals surface area contributed by atoms with Crippen LogP contribution in [0.5, 0.6) is 0 Å². The number of aromatic nitrogens is 3. The van der Waals surface area contributed by atoms with Crippen LogP contribution in [0.2, 0.25) is 0 Å². The number of rotatable bonds is 5. The summed E-state index contributed by atoms with van der Waals surface area (Å²) >= 11 is 0. The van der Waals surface area contributed by atoms with E-state index >= 15 is 0 Å².